The van der Waals surface area contributed by atoms with Crippen LogP contribution in [0.15, 0.2) is 30.3 Å². The van der Waals surface area contributed by atoms with E-state index in [4.69, 9.17) is 0 Å². The molecule has 0 fully saturated rings. The molecule has 0 saturated heterocycles. The van der Waals surface area contributed by atoms with Crippen LogP contribution in [-0.2, 0) is 12.8 Å². The molecule has 0 unspecified atom stereocenters. The molecule has 0 aromatic heterocycles. The third-order valence-corrected chi connectivity index (χ3v) is 3.77. The van der Waals surface area contributed by atoms with Gasteiger partial charge in [0.15, 0.2) is 0 Å². The average Bonchev–Trinajstić information content (AvgIpc) is 2.73. The van der Waals surface area contributed by atoms with E-state index >= 15 is 0 Å². The zero-order valence-electron chi connectivity index (χ0n) is 10.1. The van der Waals surface area contributed by atoms with Crippen LogP contribution in [0.2, 0.25) is 0 Å². The van der Waals surface area contributed by atoms with Crippen LogP contribution in [0.25, 0.3) is 11.1 Å². The fourth-order valence-electron chi connectivity index (χ4n) is 2.83. The molecule has 0 radical (unpaired) electrons. The monoisotopic (exact) mass is 210 g/mol. The maximum atomic E-state index is 2.41. The molecule has 3 aliphatic carbocycles. The molecule has 82 valence electrons. The molecular weight excluding hydrogens is 192 g/mol. The van der Waals surface area contributed by atoms with Gasteiger partial charge in [0.2, 0.25) is 0 Å². The Bertz CT molecular complexity index is 494. The second kappa shape index (κ2) is 3.62. The van der Waals surface area contributed by atoms with E-state index in [-0.39, 0.29) is 0 Å². The number of hydrogen-bond acceptors (Lipinski definition) is 0. The maximum Gasteiger partial charge on any atom is -0.0149 e. The highest BCUT2D eigenvalue weighted by Gasteiger charge is 2.19. The summed E-state index contributed by atoms with van der Waals surface area (Å²) in [6.07, 6.45) is 3.90. The lowest BCUT2D eigenvalue weighted by atomic mass is 10.0. The summed E-state index contributed by atoms with van der Waals surface area (Å²) < 4.78 is 0. The first-order chi connectivity index (χ1) is 7.75. The lowest BCUT2D eigenvalue weighted by Crippen LogP contribution is -1.83. The predicted molar refractivity (Wildman–Crippen MR) is 69.2 cm³/mol. The van der Waals surface area contributed by atoms with Crippen LogP contribution in [0.5, 0.6) is 0 Å². The Morgan fingerprint density at radius 1 is 1.06 bits per heavy atom. The summed E-state index contributed by atoms with van der Waals surface area (Å²) in [4.78, 5) is 0. The number of aryl methyl sites for hydroxylation is 1. The van der Waals surface area contributed by atoms with Crippen molar-refractivity contribution in [1.29, 1.82) is 0 Å². The summed E-state index contributed by atoms with van der Waals surface area (Å²) in [7, 11) is 0. The molecule has 16 heavy (non-hydrogen) atoms. The number of hydrogen-bond donors (Lipinski definition) is 0. The van der Waals surface area contributed by atoms with Crippen molar-refractivity contribution >= 4 is 0 Å². The van der Waals surface area contributed by atoms with Crippen molar-refractivity contribution in [3.63, 3.8) is 0 Å². The highest BCUT2D eigenvalue weighted by atomic mass is 14.2. The van der Waals surface area contributed by atoms with Crippen LogP contribution >= 0.6 is 0 Å². The van der Waals surface area contributed by atoms with E-state index in [0.717, 1.165) is 0 Å². The fraction of sp³-hybridized carbons (Fsp3) is 0.375. The Labute approximate surface area is 97.7 Å². The van der Waals surface area contributed by atoms with Crippen LogP contribution in [0.3, 0.4) is 0 Å². The highest BCUT2D eigenvalue weighted by Crippen LogP contribution is 2.37. The molecule has 0 nitrogen and oxygen atoms in total. The van der Waals surface area contributed by atoms with Gasteiger partial charge in [-0.3, -0.25) is 0 Å². The van der Waals surface area contributed by atoms with Gasteiger partial charge in [0.1, 0.15) is 0 Å². The van der Waals surface area contributed by atoms with Crippen LogP contribution in [0.4, 0.5) is 0 Å². The molecule has 3 rings (SSSR count). The van der Waals surface area contributed by atoms with Gasteiger partial charge >= 0.3 is 0 Å². The van der Waals surface area contributed by atoms with Crippen molar-refractivity contribution in [2.24, 2.45) is 0 Å². The molecule has 0 bridgehead atoms. The van der Waals surface area contributed by atoms with Gasteiger partial charge in [0, 0.05) is 0 Å². The van der Waals surface area contributed by atoms with Crippen molar-refractivity contribution < 1.29 is 0 Å². The van der Waals surface area contributed by atoms with Crippen LogP contribution in [0, 0.1) is 0 Å². The van der Waals surface area contributed by atoms with Crippen LogP contribution in [0.1, 0.15) is 42.9 Å². The molecule has 0 aromatic carbocycles. The van der Waals surface area contributed by atoms with Gasteiger partial charge in [-0.1, -0.05) is 44.2 Å². The Morgan fingerprint density at radius 3 is 2.75 bits per heavy atom. The molecule has 0 heteroatoms. The van der Waals surface area contributed by atoms with E-state index in [2.05, 4.69) is 44.2 Å². The minimum atomic E-state index is 0.611. The summed E-state index contributed by atoms with van der Waals surface area (Å²) >= 11 is 0. The maximum absolute atomic E-state index is 2.41. The Morgan fingerprint density at radius 2 is 1.94 bits per heavy atom. The van der Waals surface area contributed by atoms with Gasteiger partial charge in [0.05, 0.1) is 0 Å². The van der Waals surface area contributed by atoms with Gasteiger partial charge < -0.3 is 0 Å². The Balaban J connectivity index is 2.20. The van der Waals surface area contributed by atoms with E-state index in [1.807, 2.05) is 0 Å². The quantitative estimate of drug-likeness (QED) is 0.654. The van der Waals surface area contributed by atoms with Gasteiger partial charge in [-0.05, 0) is 53.0 Å². The van der Waals surface area contributed by atoms with Crippen LogP contribution < -0.4 is 0 Å². The first-order valence-corrected chi connectivity index (χ1v) is 6.30. The third-order valence-electron chi connectivity index (χ3n) is 3.77. The molecule has 0 amide bonds. The smallest absolute Gasteiger partial charge is 0.0149 e. The van der Waals surface area contributed by atoms with E-state index in [9.17, 15) is 0 Å². The molecule has 0 spiro atoms. The van der Waals surface area contributed by atoms with Gasteiger partial charge in [-0.15, -0.1) is 0 Å². The number of rotatable bonds is 1. The second-order valence-corrected chi connectivity index (χ2v) is 5.20. The van der Waals surface area contributed by atoms with Crippen molar-refractivity contribution in [3.05, 3.63) is 47.0 Å². The third kappa shape index (κ3) is 1.44. The minimum Gasteiger partial charge on any atom is -0.0614 e. The summed E-state index contributed by atoms with van der Waals surface area (Å²) in [5.74, 6) is 0.611. The lowest BCUT2D eigenvalue weighted by molar-refractivity contribution is 0.868. The molecule has 0 aromatic rings. The van der Waals surface area contributed by atoms with Gasteiger partial charge in [-0.25, -0.2) is 0 Å². The first-order valence-electron chi connectivity index (χ1n) is 6.30. The summed E-state index contributed by atoms with van der Waals surface area (Å²) in [5, 5.41) is 0. The normalized spacial score (nSPS) is 14.7. The predicted octanol–water partition coefficient (Wildman–Crippen LogP) is 4.40. The fourth-order valence-corrected chi connectivity index (χ4v) is 2.83. The zero-order valence-corrected chi connectivity index (χ0v) is 10.1. The molecule has 0 N–H and O–H groups in total. The van der Waals surface area contributed by atoms with E-state index in [1.54, 1.807) is 11.1 Å². The van der Waals surface area contributed by atoms with E-state index in [0.29, 0.717) is 5.92 Å². The molecule has 0 heterocycles. The van der Waals surface area contributed by atoms with Crippen molar-refractivity contribution in [2.75, 3.05) is 0 Å². The molecule has 3 aliphatic rings. The largest absolute Gasteiger partial charge is 0.0614 e. The topological polar surface area (TPSA) is 0 Å². The van der Waals surface area contributed by atoms with E-state index < -0.39 is 0 Å². The Hall–Kier alpha value is -1.30. The molecular formula is C16H18. The second-order valence-electron chi connectivity index (χ2n) is 5.20. The van der Waals surface area contributed by atoms with Gasteiger partial charge in [-0.2, -0.15) is 0 Å². The summed E-state index contributed by atoms with van der Waals surface area (Å²) in [6.45, 7) is 4.52. The van der Waals surface area contributed by atoms with E-state index in [1.165, 1.54) is 36.0 Å². The average molecular weight is 210 g/mol. The minimum absolute atomic E-state index is 0.611. The van der Waals surface area contributed by atoms with Crippen LogP contribution in [-0.4, -0.2) is 0 Å². The molecule has 0 atom stereocenters. The van der Waals surface area contributed by atoms with Gasteiger partial charge in [0.25, 0.3) is 0 Å². The summed E-state index contributed by atoms with van der Waals surface area (Å²) in [6, 6.07) is 11.6. The number of fused-ring (bicyclic) bond motifs is 3. The molecule has 0 aliphatic heterocycles. The van der Waals surface area contributed by atoms with Crippen molar-refractivity contribution in [2.45, 2.75) is 39.0 Å². The Kier molecular flexibility index (Phi) is 2.24. The van der Waals surface area contributed by atoms with Crippen molar-refractivity contribution in [1.82, 2.24) is 0 Å². The lowest BCUT2D eigenvalue weighted by Gasteiger charge is -2.02. The SMILES string of the molecule is CC(C)c1cccc2c3c(cc-2c1)CCC3. The first kappa shape index (κ1) is 9.89. The molecule has 0 saturated carbocycles. The highest BCUT2D eigenvalue weighted by molar-refractivity contribution is 5.74. The summed E-state index contributed by atoms with van der Waals surface area (Å²) in [5.41, 5.74) is 7.58. The zero-order chi connectivity index (χ0) is 11.1. The van der Waals surface area contributed by atoms with Crippen molar-refractivity contribution in [3.8, 4) is 11.1 Å². The standard InChI is InChI=1S/C16H18/c1-11(2)12-5-3-8-16-14(9-12)10-13-6-4-7-15(13)16/h3,5,8-11H,4,6-7H2,1-2H3.